The smallest absolute Gasteiger partial charge is 0.372 e. The molecule has 0 aromatic heterocycles. The van der Waals surface area contributed by atoms with Crippen molar-refractivity contribution in [1.82, 2.24) is 0 Å². The largest absolute Gasteiger partial charge is 0.373 e. The summed E-state index contributed by atoms with van der Waals surface area (Å²) >= 11 is 0. The first-order valence-corrected chi connectivity index (χ1v) is 25.0. The topological polar surface area (TPSA) is 124 Å². The van der Waals surface area contributed by atoms with E-state index in [2.05, 4.69) is 79.1 Å². The average molecular weight is 789 g/mol. The minimum Gasteiger partial charge on any atom is -0.372 e. The highest BCUT2D eigenvalue weighted by atomic mass is 28.3. The minimum absolute atomic E-state index is 0.173. The Morgan fingerprint density at radius 3 is 1.53 bits per heavy atom. The molecule has 0 amide bonds. The van der Waals surface area contributed by atoms with Crippen molar-refractivity contribution in [3.05, 3.63) is 24.8 Å². The van der Waals surface area contributed by atoms with Crippen molar-refractivity contribution in [3.63, 3.8) is 0 Å². The number of allylic oxidation sites excluding steroid dienone is 2. The Labute approximate surface area is 332 Å². The molecule has 4 saturated heterocycles. The Morgan fingerprint density at radius 2 is 1.11 bits per heavy atom. The molecule has 4 bridgehead atoms. The molecule has 0 aromatic carbocycles. The lowest BCUT2D eigenvalue weighted by Crippen LogP contribution is -2.42. The molecule has 4 aliphatic heterocycles. The molecule has 55 heavy (non-hydrogen) atoms. The van der Waals surface area contributed by atoms with E-state index in [1.165, 1.54) is 44.9 Å². The summed E-state index contributed by atoms with van der Waals surface area (Å²) in [6, 6.07) is 0. The van der Waals surface area contributed by atoms with Crippen LogP contribution in [0.2, 0.25) is 25.2 Å². The van der Waals surface area contributed by atoms with Crippen LogP contribution in [0.25, 0.3) is 0 Å². The summed E-state index contributed by atoms with van der Waals surface area (Å²) < 4.78 is 38.3. The molecule has 0 aromatic rings. The highest BCUT2D eigenvalue weighted by molar-refractivity contribution is 6.78. The van der Waals surface area contributed by atoms with Gasteiger partial charge in [0.25, 0.3) is 0 Å². The van der Waals surface area contributed by atoms with Crippen molar-refractivity contribution in [2.24, 2.45) is 10.8 Å². The molecule has 11 atom stereocenters. The summed E-state index contributed by atoms with van der Waals surface area (Å²) in [6.07, 6.45) is 29.1. The lowest BCUT2D eigenvalue weighted by molar-refractivity contribution is -0.204. The maximum atomic E-state index is 8.12. The zero-order valence-electron chi connectivity index (χ0n) is 35.2. The molecule has 11 heteroatoms. The molecular formula is C44H72O10Si. The Kier molecular flexibility index (Phi) is 16.5. The molecule has 8 rings (SSSR count). The van der Waals surface area contributed by atoms with Crippen LogP contribution >= 0.6 is 0 Å². The number of carbonyl (C=O) groups excluding carboxylic acids is 4. The van der Waals surface area contributed by atoms with Crippen LogP contribution in [0.3, 0.4) is 0 Å². The first-order valence-electron chi connectivity index (χ1n) is 21.4. The van der Waals surface area contributed by atoms with Gasteiger partial charge < -0.3 is 28.4 Å². The molecule has 4 saturated carbocycles. The van der Waals surface area contributed by atoms with Crippen LogP contribution in [0.4, 0.5) is 0 Å². The predicted molar refractivity (Wildman–Crippen MR) is 210 cm³/mol. The van der Waals surface area contributed by atoms with Crippen LogP contribution in [0.15, 0.2) is 24.8 Å². The van der Waals surface area contributed by atoms with Crippen LogP contribution in [-0.2, 0) is 47.6 Å². The molecule has 10 nitrogen and oxygen atoms in total. The summed E-state index contributed by atoms with van der Waals surface area (Å²) in [5, 5.41) is 0. The molecule has 0 radical (unpaired) electrons. The van der Waals surface area contributed by atoms with Crippen LogP contribution in [0.1, 0.15) is 144 Å². The SMILES string of the molecule is C=CC(CC)[Si](C)(C)C.CC/C=C/C[C@@H]1O[C@@H]2C[C@@]1(C)C[C@H]1OC3(CCCCC3)O[C@@H]21.CC1O[C@@H]2C[C@@]1(C)C[C@H]1OC3(CCCCC3)O[C@@H]21.O=C=O.O=C=O. The second kappa shape index (κ2) is 19.8. The van der Waals surface area contributed by atoms with Crippen molar-refractivity contribution in [2.75, 3.05) is 0 Å². The fraction of sp³-hybridized carbons (Fsp3) is 0.864. The maximum absolute atomic E-state index is 8.12. The summed E-state index contributed by atoms with van der Waals surface area (Å²) in [7, 11) is -0.905. The fourth-order valence-corrected chi connectivity index (χ4v) is 12.7. The number of rotatable bonds is 6. The normalized spacial score (nSPS) is 38.9. The number of ether oxygens (including phenoxy) is 6. The van der Waals surface area contributed by atoms with Crippen LogP contribution < -0.4 is 0 Å². The maximum Gasteiger partial charge on any atom is 0.373 e. The third-order valence-electron chi connectivity index (χ3n) is 13.9. The predicted octanol–water partition coefficient (Wildman–Crippen LogP) is 9.50. The van der Waals surface area contributed by atoms with Crippen LogP contribution in [-0.4, -0.2) is 80.8 Å². The van der Waals surface area contributed by atoms with Gasteiger partial charge in [-0.3, -0.25) is 0 Å². The molecule has 312 valence electrons. The van der Waals surface area contributed by atoms with Crippen molar-refractivity contribution in [2.45, 2.75) is 229 Å². The number of hydrogen-bond donors (Lipinski definition) is 0. The van der Waals surface area contributed by atoms with E-state index in [9.17, 15) is 0 Å². The van der Waals surface area contributed by atoms with E-state index in [4.69, 9.17) is 47.6 Å². The van der Waals surface area contributed by atoms with Crippen molar-refractivity contribution in [1.29, 1.82) is 0 Å². The summed E-state index contributed by atoms with van der Waals surface area (Å²) in [6.45, 7) is 22.4. The quantitative estimate of drug-likeness (QED) is 0.190. The molecule has 8 fully saturated rings. The van der Waals surface area contributed by atoms with Crippen LogP contribution in [0.5, 0.6) is 0 Å². The van der Waals surface area contributed by atoms with E-state index < -0.39 is 8.07 Å². The molecule has 4 heterocycles. The average Bonchev–Trinajstić information content (AvgIpc) is 3.81. The Balaban J connectivity index is 0.000000183. The molecule has 2 unspecified atom stereocenters. The van der Waals surface area contributed by atoms with Gasteiger partial charge >= 0.3 is 12.3 Å². The van der Waals surface area contributed by atoms with Gasteiger partial charge in [-0.2, -0.15) is 19.2 Å². The Hall–Kier alpha value is -1.78. The second-order valence-corrected chi connectivity index (χ2v) is 24.4. The van der Waals surface area contributed by atoms with Crippen LogP contribution in [0, 0.1) is 10.8 Å². The van der Waals surface area contributed by atoms with E-state index in [0.29, 0.717) is 17.6 Å². The van der Waals surface area contributed by atoms with Gasteiger partial charge in [0.1, 0.15) is 12.2 Å². The molecule has 2 spiro atoms. The zero-order valence-corrected chi connectivity index (χ0v) is 36.2. The Morgan fingerprint density at radius 1 is 0.673 bits per heavy atom. The second-order valence-electron chi connectivity index (χ2n) is 18.9. The van der Waals surface area contributed by atoms with Gasteiger partial charge in [0.05, 0.1) is 44.7 Å². The highest BCUT2D eigenvalue weighted by Crippen LogP contribution is 2.57. The third kappa shape index (κ3) is 11.0. The van der Waals surface area contributed by atoms with E-state index in [0.717, 1.165) is 69.7 Å². The van der Waals surface area contributed by atoms with Gasteiger partial charge in [-0.1, -0.05) is 84.8 Å². The van der Waals surface area contributed by atoms with Gasteiger partial charge in [0, 0.05) is 25.7 Å². The summed E-state index contributed by atoms with van der Waals surface area (Å²) in [5.41, 5.74) is 1.36. The molecule has 8 aliphatic rings. The first kappa shape index (κ1) is 45.9. The summed E-state index contributed by atoms with van der Waals surface area (Å²) in [4.78, 5) is 32.5. The van der Waals surface area contributed by atoms with E-state index in [1.54, 1.807) is 0 Å². The van der Waals surface area contributed by atoms with Gasteiger partial charge in [-0.25, -0.2) is 0 Å². The van der Waals surface area contributed by atoms with Gasteiger partial charge in [0.15, 0.2) is 11.6 Å². The van der Waals surface area contributed by atoms with Gasteiger partial charge in [0.2, 0.25) is 0 Å². The standard InChI is InChI=1S/C19H30O3.C15H24O3.C8H18Si.2CO2/c1-3-4-6-9-16-18(2)12-14(20-16)17-15(13-18)21-19(22-17)10-7-5-8-11-19;1-10-14(2)8-11(16-10)13-12(9-14)17-15(18-13)6-4-3-5-7-15;1-6-8(7-2)9(3,4)5;2*2-1-3/h4,6,14-17H,3,5,7-13H2,1-2H3;10-13H,3-9H2,1-2H3;6,8H,1,7H2,2-5H3;;/b6-4+;;;;/t14-,15-,16+,17+,18+;10?,11-,12-,13+,14+;;;/m11.../s1. The van der Waals surface area contributed by atoms with E-state index in [1.807, 2.05) is 0 Å². The number of hydrogen-bond acceptors (Lipinski definition) is 10. The van der Waals surface area contributed by atoms with Crippen molar-refractivity contribution < 1.29 is 47.6 Å². The van der Waals surface area contributed by atoms with Crippen molar-refractivity contribution >= 4 is 20.4 Å². The monoisotopic (exact) mass is 788 g/mol. The van der Waals surface area contributed by atoms with E-state index in [-0.39, 0.29) is 65.9 Å². The minimum atomic E-state index is -0.905. The lowest BCUT2D eigenvalue weighted by atomic mass is 9.70. The Bertz CT molecular complexity index is 1310. The van der Waals surface area contributed by atoms with Gasteiger partial charge in [-0.05, 0) is 87.5 Å². The van der Waals surface area contributed by atoms with Gasteiger partial charge in [-0.15, -0.1) is 6.58 Å². The lowest BCUT2D eigenvalue weighted by Gasteiger charge is -2.35. The zero-order chi connectivity index (χ0) is 40.5. The fourth-order valence-electron chi connectivity index (χ4n) is 10.7. The molecule has 0 N–H and O–H groups in total. The molecular weight excluding hydrogens is 717 g/mol. The highest BCUT2D eigenvalue weighted by Gasteiger charge is 2.62. The van der Waals surface area contributed by atoms with Crippen molar-refractivity contribution in [3.8, 4) is 0 Å². The van der Waals surface area contributed by atoms with E-state index >= 15 is 0 Å². The molecule has 4 aliphatic carbocycles. The number of fused-ring (bicyclic) bond motifs is 8. The third-order valence-corrected chi connectivity index (χ3v) is 16.7. The summed E-state index contributed by atoms with van der Waals surface area (Å²) in [5.74, 6) is -0.517. The first-order chi connectivity index (χ1) is 26.1.